The van der Waals surface area contributed by atoms with Crippen molar-refractivity contribution >= 4 is 16.9 Å². The summed E-state index contributed by atoms with van der Waals surface area (Å²) in [4.78, 5) is 40.3. The standard InChI is InChI=1S/C15H21N5O3/c1-4-7-16-8-9-17-13(21)11-6-5-10-12(18-11)19(2)15(23)20(3)14(10)22/h5-6,16H,4,7-9H2,1-3H3,(H,17,21). The molecule has 0 unspecified atom stereocenters. The van der Waals surface area contributed by atoms with E-state index in [1.54, 1.807) is 0 Å². The lowest BCUT2D eigenvalue weighted by Crippen LogP contribution is -2.38. The van der Waals surface area contributed by atoms with E-state index in [2.05, 4.69) is 22.5 Å². The number of aryl methyl sites for hydroxylation is 1. The highest BCUT2D eigenvalue weighted by Crippen LogP contribution is 2.06. The Morgan fingerprint density at radius 1 is 1.13 bits per heavy atom. The Balaban J connectivity index is 2.25. The molecule has 2 N–H and O–H groups in total. The first-order valence-corrected chi connectivity index (χ1v) is 7.53. The summed E-state index contributed by atoms with van der Waals surface area (Å²) >= 11 is 0. The molecule has 2 rings (SSSR count). The predicted octanol–water partition coefficient (Wildman–Crippen LogP) is -0.638. The van der Waals surface area contributed by atoms with Crippen molar-refractivity contribution in [3.8, 4) is 0 Å². The number of aromatic nitrogens is 3. The van der Waals surface area contributed by atoms with E-state index in [0.29, 0.717) is 18.5 Å². The van der Waals surface area contributed by atoms with Gasteiger partial charge in [0.05, 0.1) is 5.39 Å². The van der Waals surface area contributed by atoms with Gasteiger partial charge in [-0.3, -0.25) is 18.7 Å². The van der Waals surface area contributed by atoms with Gasteiger partial charge >= 0.3 is 5.69 Å². The van der Waals surface area contributed by atoms with E-state index in [1.807, 2.05) is 0 Å². The van der Waals surface area contributed by atoms with E-state index in [4.69, 9.17) is 0 Å². The highest BCUT2D eigenvalue weighted by molar-refractivity contribution is 5.94. The van der Waals surface area contributed by atoms with Crippen LogP contribution >= 0.6 is 0 Å². The molecule has 8 heteroatoms. The maximum absolute atomic E-state index is 12.1. The van der Waals surface area contributed by atoms with Crippen molar-refractivity contribution in [2.45, 2.75) is 13.3 Å². The zero-order valence-corrected chi connectivity index (χ0v) is 13.5. The van der Waals surface area contributed by atoms with Gasteiger partial charge in [-0.25, -0.2) is 9.78 Å². The van der Waals surface area contributed by atoms with Gasteiger partial charge in [-0.05, 0) is 25.1 Å². The van der Waals surface area contributed by atoms with Crippen LogP contribution in [0.25, 0.3) is 11.0 Å². The number of fused-ring (bicyclic) bond motifs is 1. The fourth-order valence-electron chi connectivity index (χ4n) is 2.24. The number of rotatable bonds is 6. The second-order valence-corrected chi connectivity index (χ2v) is 5.28. The summed E-state index contributed by atoms with van der Waals surface area (Å²) in [5, 5.41) is 6.23. The van der Waals surface area contributed by atoms with Crippen LogP contribution in [0.4, 0.5) is 0 Å². The molecule has 0 fully saturated rings. The van der Waals surface area contributed by atoms with E-state index in [1.165, 1.54) is 30.8 Å². The number of carbonyl (C=O) groups is 1. The minimum Gasteiger partial charge on any atom is -0.349 e. The van der Waals surface area contributed by atoms with Gasteiger partial charge in [-0.1, -0.05) is 6.92 Å². The van der Waals surface area contributed by atoms with Gasteiger partial charge < -0.3 is 10.6 Å². The normalized spacial score (nSPS) is 10.9. The summed E-state index contributed by atoms with van der Waals surface area (Å²) in [5.74, 6) is -0.335. The van der Waals surface area contributed by atoms with Crippen molar-refractivity contribution in [3.63, 3.8) is 0 Å². The second-order valence-electron chi connectivity index (χ2n) is 5.28. The van der Waals surface area contributed by atoms with Crippen molar-refractivity contribution in [1.29, 1.82) is 0 Å². The van der Waals surface area contributed by atoms with Crippen LogP contribution in [0.1, 0.15) is 23.8 Å². The van der Waals surface area contributed by atoms with Gasteiger partial charge in [0.25, 0.3) is 11.5 Å². The van der Waals surface area contributed by atoms with Crippen molar-refractivity contribution < 1.29 is 4.79 Å². The van der Waals surface area contributed by atoms with Crippen LogP contribution in [0, 0.1) is 0 Å². The molecule has 124 valence electrons. The van der Waals surface area contributed by atoms with Crippen molar-refractivity contribution in [2.75, 3.05) is 19.6 Å². The molecule has 0 aliphatic carbocycles. The van der Waals surface area contributed by atoms with Crippen LogP contribution in [0.15, 0.2) is 21.7 Å². The quantitative estimate of drug-likeness (QED) is 0.690. The third-order valence-corrected chi connectivity index (χ3v) is 3.55. The topological polar surface area (TPSA) is 98.0 Å². The SMILES string of the molecule is CCCNCCNC(=O)c1ccc2c(=O)n(C)c(=O)n(C)c2n1. The lowest BCUT2D eigenvalue weighted by Gasteiger charge is -2.09. The molecule has 0 atom stereocenters. The van der Waals surface area contributed by atoms with E-state index < -0.39 is 11.2 Å². The number of pyridine rings is 1. The fraction of sp³-hybridized carbons (Fsp3) is 0.467. The first-order chi connectivity index (χ1) is 11.0. The van der Waals surface area contributed by atoms with Crippen LogP contribution in [0.3, 0.4) is 0 Å². The molecule has 0 aliphatic rings. The second kappa shape index (κ2) is 7.19. The molecule has 2 aromatic rings. The Morgan fingerprint density at radius 3 is 2.57 bits per heavy atom. The highest BCUT2D eigenvalue weighted by atomic mass is 16.2. The molecule has 0 spiro atoms. The molecule has 0 aliphatic heterocycles. The minimum absolute atomic E-state index is 0.177. The zero-order chi connectivity index (χ0) is 17.0. The summed E-state index contributed by atoms with van der Waals surface area (Å²) in [6.45, 7) is 4.12. The number of hydrogen-bond acceptors (Lipinski definition) is 5. The summed E-state index contributed by atoms with van der Waals surface area (Å²) in [6.07, 6.45) is 1.03. The third-order valence-electron chi connectivity index (χ3n) is 3.55. The minimum atomic E-state index is -0.476. The van der Waals surface area contributed by atoms with Gasteiger partial charge in [0, 0.05) is 27.2 Å². The molecular formula is C15H21N5O3. The van der Waals surface area contributed by atoms with Crippen LogP contribution in [-0.2, 0) is 14.1 Å². The summed E-state index contributed by atoms with van der Waals surface area (Å²) < 4.78 is 2.28. The van der Waals surface area contributed by atoms with Crippen molar-refractivity contribution in [3.05, 3.63) is 38.7 Å². The van der Waals surface area contributed by atoms with Crippen LogP contribution < -0.4 is 21.9 Å². The largest absolute Gasteiger partial charge is 0.349 e. The number of nitrogens with one attached hydrogen (secondary N) is 2. The number of nitrogens with zero attached hydrogens (tertiary/aromatic N) is 3. The van der Waals surface area contributed by atoms with E-state index in [-0.39, 0.29) is 17.2 Å². The molecule has 2 aromatic heterocycles. The highest BCUT2D eigenvalue weighted by Gasteiger charge is 2.13. The predicted molar refractivity (Wildman–Crippen MR) is 87.7 cm³/mol. The Labute approximate surface area is 133 Å². The van der Waals surface area contributed by atoms with Crippen molar-refractivity contribution in [2.24, 2.45) is 14.1 Å². The molecule has 0 radical (unpaired) electrons. The average molecular weight is 319 g/mol. The van der Waals surface area contributed by atoms with E-state index >= 15 is 0 Å². The van der Waals surface area contributed by atoms with Gasteiger partial charge in [0.2, 0.25) is 0 Å². The molecule has 0 saturated heterocycles. The van der Waals surface area contributed by atoms with Gasteiger partial charge in [-0.15, -0.1) is 0 Å². The Hall–Kier alpha value is -2.48. The molecule has 8 nitrogen and oxygen atoms in total. The first-order valence-electron chi connectivity index (χ1n) is 7.53. The number of amides is 1. The molecule has 23 heavy (non-hydrogen) atoms. The molecule has 0 bridgehead atoms. The third kappa shape index (κ3) is 3.48. The smallest absolute Gasteiger partial charge is 0.332 e. The lowest BCUT2D eigenvalue weighted by atomic mass is 10.2. The summed E-state index contributed by atoms with van der Waals surface area (Å²) in [6, 6.07) is 3.01. The lowest BCUT2D eigenvalue weighted by molar-refractivity contribution is 0.0949. The van der Waals surface area contributed by atoms with Crippen LogP contribution in [0.5, 0.6) is 0 Å². The zero-order valence-electron chi connectivity index (χ0n) is 13.5. The monoisotopic (exact) mass is 319 g/mol. The molecule has 1 amide bonds. The summed E-state index contributed by atoms with van der Waals surface area (Å²) in [7, 11) is 2.93. The number of carbonyl (C=O) groups excluding carboxylic acids is 1. The summed E-state index contributed by atoms with van der Waals surface area (Å²) in [5.41, 5.74) is -0.520. The Kier molecular flexibility index (Phi) is 5.28. The Morgan fingerprint density at radius 2 is 1.87 bits per heavy atom. The molecular weight excluding hydrogens is 298 g/mol. The van der Waals surface area contributed by atoms with Gasteiger partial charge in [0.1, 0.15) is 11.3 Å². The van der Waals surface area contributed by atoms with Crippen LogP contribution in [0.2, 0.25) is 0 Å². The van der Waals surface area contributed by atoms with Crippen molar-refractivity contribution in [1.82, 2.24) is 24.8 Å². The van der Waals surface area contributed by atoms with Gasteiger partial charge in [-0.2, -0.15) is 0 Å². The maximum Gasteiger partial charge on any atom is 0.332 e. The van der Waals surface area contributed by atoms with E-state index in [0.717, 1.165) is 17.5 Å². The fourth-order valence-corrected chi connectivity index (χ4v) is 2.24. The molecule has 2 heterocycles. The Bertz CT molecular complexity index is 837. The average Bonchev–Trinajstić information content (AvgIpc) is 2.57. The maximum atomic E-state index is 12.1. The first kappa shape index (κ1) is 16.9. The van der Waals surface area contributed by atoms with Gasteiger partial charge in [0.15, 0.2) is 0 Å². The van der Waals surface area contributed by atoms with Crippen LogP contribution in [-0.4, -0.2) is 39.7 Å². The molecule has 0 saturated carbocycles. The number of hydrogen-bond donors (Lipinski definition) is 2. The molecule has 0 aromatic carbocycles. The van der Waals surface area contributed by atoms with E-state index in [9.17, 15) is 14.4 Å².